The minimum Gasteiger partial charge on any atom is -0.366 e. The Balaban J connectivity index is 1.93. The maximum Gasteiger partial charge on any atom is 0.232 e. The number of sulfonamides is 1. The Morgan fingerprint density at radius 1 is 1.09 bits per heavy atom. The van der Waals surface area contributed by atoms with Crippen molar-refractivity contribution in [2.24, 2.45) is 0 Å². The van der Waals surface area contributed by atoms with Gasteiger partial charge < -0.3 is 5.32 Å². The van der Waals surface area contributed by atoms with Crippen LogP contribution in [0.3, 0.4) is 0 Å². The van der Waals surface area contributed by atoms with Crippen molar-refractivity contribution in [2.45, 2.75) is 26.8 Å². The van der Waals surface area contributed by atoms with Gasteiger partial charge in [0.25, 0.3) is 0 Å². The van der Waals surface area contributed by atoms with Gasteiger partial charge in [-0.15, -0.1) is 0 Å². The maximum absolute atomic E-state index is 11.7. The number of anilines is 2. The molecule has 0 radical (unpaired) electrons. The predicted molar refractivity (Wildman–Crippen MR) is 90.4 cm³/mol. The van der Waals surface area contributed by atoms with Crippen LogP contribution in [0.5, 0.6) is 0 Å². The fraction of sp³-hybridized carbons (Fsp3) is 0.312. The van der Waals surface area contributed by atoms with E-state index in [4.69, 9.17) is 0 Å². The number of aryl methyl sites for hydroxylation is 1. The highest BCUT2D eigenvalue weighted by molar-refractivity contribution is 7.92. The van der Waals surface area contributed by atoms with Crippen LogP contribution in [-0.2, 0) is 16.6 Å². The molecule has 0 saturated carbocycles. The van der Waals surface area contributed by atoms with Gasteiger partial charge in [-0.3, -0.25) is 4.72 Å². The van der Waals surface area contributed by atoms with E-state index in [1.54, 1.807) is 12.1 Å². The van der Waals surface area contributed by atoms with Crippen LogP contribution in [0.4, 0.5) is 11.5 Å². The second kappa shape index (κ2) is 7.26. The van der Waals surface area contributed by atoms with Gasteiger partial charge in [-0.2, -0.15) is 0 Å². The Hall–Kier alpha value is -2.08. The van der Waals surface area contributed by atoms with Crippen LogP contribution in [-0.4, -0.2) is 19.2 Å². The van der Waals surface area contributed by atoms with Gasteiger partial charge in [0.1, 0.15) is 5.82 Å². The van der Waals surface area contributed by atoms with Gasteiger partial charge in [0.05, 0.1) is 17.6 Å². The summed E-state index contributed by atoms with van der Waals surface area (Å²) in [5.41, 5.74) is 2.88. The highest BCUT2D eigenvalue weighted by Gasteiger charge is 2.08. The van der Waals surface area contributed by atoms with Crippen LogP contribution in [0.15, 0.2) is 42.6 Å². The van der Waals surface area contributed by atoms with E-state index in [0.717, 1.165) is 0 Å². The number of rotatable bonds is 7. The third-order valence-corrected chi connectivity index (χ3v) is 4.60. The minimum absolute atomic E-state index is 0.112. The van der Waals surface area contributed by atoms with E-state index in [-0.39, 0.29) is 5.75 Å². The van der Waals surface area contributed by atoms with Crippen molar-refractivity contribution in [3.8, 4) is 0 Å². The van der Waals surface area contributed by atoms with Gasteiger partial charge in [0.2, 0.25) is 10.0 Å². The molecule has 0 aliphatic rings. The van der Waals surface area contributed by atoms with Crippen LogP contribution in [0, 0.1) is 6.92 Å². The first-order chi connectivity index (χ1) is 10.5. The number of hydrogen-bond donors (Lipinski definition) is 2. The van der Waals surface area contributed by atoms with Crippen LogP contribution >= 0.6 is 0 Å². The lowest BCUT2D eigenvalue weighted by Crippen LogP contribution is -2.16. The number of aromatic nitrogens is 1. The Bertz CT molecular complexity index is 695. The molecule has 1 heterocycles. The molecule has 0 bridgehead atoms. The first-order valence-corrected chi connectivity index (χ1v) is 8.90. The zero-order valence-electron chi connectivity index (χ0n) is 12.8. The average Bonchev–Trinajstić information content (AvgIpc) is 2.48. The standard InChI is InChI=1S/C16H21N3O2S/c1-3-10-22(20,21)19-15-8-9-16(18-12-15)17-11-14-6-4-13(2)5-7-14/h4-9,12,19H,3,10-11H2,1-2H3,(H,17,18). The lowest BCUT2D eigenvalue weighted by atomic mass is 10.1. The summed E-state index contributed by atoms with van der Waals surface area (Å²) in [5, 5.41) is 3.21. The first-order valence-electron chi connectivity index (χ1n) is 7.24. The molecular weight excluding hydrogens is 298 g/mol. The summed E-state index contributed by atoms with van der Waals surface area (Å²) < 4.78 is 25.8. The lowest BCUT2D eigenvalue weighted by Gasteiger charge is -2.09. The van der Waals surface area contributed by atoms with Crippen molar-refractivity contribution in [2.75, 3.05) is 15.8 Å². The molecule has 0 atom stereocenters. The van der Waals surface area contributed by atoms with Gasteiger partial charge in [-0.1, -0.05) is 36.8 Å². The molecule has 1 aromatic heterocycles. The van der Waals surface area contributed by atoms with Crippen molar-refractivity contribution in [3.05, 3.63) is 53.7 Å². The van der Waals surface area contributed by atoms with Gasteiger partial charge in [-0.25, -0.2) is 13.4 Å². The Kier molecular flexibility index (Phi) is 5.38. The Morgan fingerprint density at radius 2 is 1.82 bits per heavy atom. The molecule has 2 N–H and O–H groups in total. The van der Waals surface area contributed by atoms with Gasteiger partial charge >= 0.3 is 0 Å². The van der Waals surface area contributed by atoms with E-state index in [1.165, 1.54) is 17.3 Å². The molecule has 0 spiro atoms. The molecule has 6 heteroatoms. The molecule has 0 saturated heterocycles. The summed E-state index contributed by atoms with van der Waals surface area (Å²) in [5.74, 6) is 0.819. The zero-order chi connectivity index (χ0) is 16.0. The summed E-state index contributed by atoms with van der Waals surface area (Å²) in [6.07, 6.45) is 2.10. The smallest absolute Gasteiger partial charge is 0.232 e. The van der Waals surface area contributed by atoms with Crippen LogP contribution in [0.25, 0.3) is 0 Å². The van der Waals surface area contributed by atoms with Crippen LogP contribution in [0.2, 0.25) is 0 Å². The lowest BCUT2D eigenvalue weighted by molar-refractivity contribution is 0.600. The molecule has 22 heavy (non-hydrogen) atoms. The molecule has 0 amide bonds. The number of benzene rings is 1. The van der Waals surface area contributed by atoms with Gasteiger partial charge in [0.15, 0.2) is 0 Å². The van der Waals surface area contributed by atoms with Crippen LogP contribution < -0.4 is 10.0 Å². The quantitative estimate of drug-likeness (QED) is 0.822. The SMILES string of the molecule is CCCS(=O)(=O)Nc1ccc(NCc2ccc(C)cc2)nc1. The normalized spacial score (nSPS) is 11.2. The number of nitrogens with one attached hydrogen (secondary N) is 2. The molecule has 2 rings (SSSR count). The average molecular weight is 319 g/mol. The van der Waals surface area contributed by atoms with E-state index in [2.05, 4.69) is 46.2 Å². The van der Waals surface area contributed by atoms with Crippen LogP contribution in [0.1, 0.15) is 24.5 Å². The molecule has 0 aliphatic heterocycles. The molecule has 0 aliphatic carbocycles. The van der Waals surface area contributed by atoms with Gasteiger partial charge in [0, 0.05) is 6.54 Å². The van der Waals surface area contributed by atoms with Crippen molar-refractivity contribution < 1.29 is 8.42 Å². The van der Waals surface area contributed by atoms with E-state index >= 15 is 0 Å². The second-order valence-electron chi connectivity index (χ2n) is 5.19. The summed E-state index contributed by atoms with van der Waals surface area (Å²) in [7, 11) is -3.27. The number of hydrogen-bond acceptors (Lipinski definition) is 4. The largest absolute Gasteiger partial charge is 0.366 e. The topological polar surface area (TPSA) is 71.1 Å². The Labute approximate surface area is 131 Å². The molecule has 2 aromatic rings. The molecule has 5 nitrogen and oxygen atoms in total. The molecule has 1 aromatic carbocycles. The maximum atomic E-state index is 11.7. The van der Waals surface area contributed by atoms with Crippen molar-refractivity contribution in [1.29, 1.82) is 0 Å². The highest BCUT2D eigenvalue weighted by atomic mass is 32.2. The van der Waals surface area contributed by atoms with Crippen molar-refractivity contribution >= 4 is 21.5 Å². The summed E-state index contributed by atoms with van der Waals surface area (Å²) in [6.45, 7) is 4.56. The Morgan fingerprint density at radius 3 is 2.41 bits per heavy atom. The first kappa shape index (κ1) is 16.3. The predicted octanol–water partition coefficient (Wildman–Crippen LogP) is 3.15. The molecule has 118 valence electrons. The summed E-state index contributed by atoms with van der Waals surface area (Å²) in [6, 6.07) is 11.7. The van der Waals surface area contributed by atoms with Crippen molar-refractivity contribution in [1.82, 2.24) is 4.98 Å². The molecular formula is C16H21N3O2S. The summed E-state index contributed by atoms with van der Waals surface area (Å²) in [4.78, 5) is 4.22. The molecule has 0 unspecified atom stereocenters. The van der Waals surface area contributed by atoms with E-state index in [1.807, 2.05) is 6.92 Å². The molecule has 0 fully saturated rings. The van der Waals surface area contributed by atoms with Gasteiger partial charge in [-0.05, 0) is 31.0 Å². The fourth-order valence-corrected chi connectivity index (χ4v) is 3.08. The van der Waals surface area contributed by atoms with E-state index in [0.29, 0.717) is 24.5 Å². The van der Waals surface area contributed by atoms with E-state index in [9.17, 15) is 8.42 Å². The minimum atomic E-state index is -3.27. The second-order valence-corrected chi connectivity index (χ2v) is 7.03. The van der Waals surface area contributed by atoms with Crippen molar-refractivity contribution in [3.63, 3.8) is 0 Å². The fourth-order valence-electron chi connectivity index (χ4n) is 1.96. The monoisotopic (exact) mass is 319 g/mol. The third kappa shape index (κ3) is 5.04. The number of nitrogens with zero attached hydrogens (tertiary/aromatic N) is 1. The number of pyridine rings is 1. The van der Waals surface area contributed by atoms with E-state index < -0.39 is 10.0 Å². The summed E-state index contributed by atoms with van der Waals surface area (Å²) >= 11 is 0. The highest BCUT2D eigenvalue weighted by Crippen LogP contribution is 2.13. The third-order valence-electron chi connectivity index (χ3n) is 3.10. The zero-order valence-corrected chi connectivity index (χ0v) is 13.7.